The van der Waals surface area contributed by atoms with Crippen LogP contribution in [0.25, 0.3) is 5.69 Å². The molecule has 0 unspecified atom stereocenters. The molecule has 0 bridgehead atoms. The van der Waals surface area contributed by atoms with Crippen LogP contribution in [0, 0.1) is 0 Å². The van der Waals surface area contributed by atoms with Gasteiger partial charge < -0.3 is 10.1 Å². The van der Waals surface area contributed by atoms with Crippen molar-refractivity contribution in [3.8, 4) is 11.4 Å². The second-order valence-corrected chi connectivity index (χ2v) is 7.59. The minimum Gasteiger partial charge on any atom is -0.494 e. The van der Waals surface area contributed by atoms with Crippen LogP contribution in [0.1, 0.15) is 15.9 Å². The standard InChI is InChI=1S/C18H16N4O4S/c1-26-17-8-3-2-7-16(17)22-11-12(9-20-22)27(24,25)21-15-6-4-5-13-14(15)10-19-18(13)23/h2-9,11,21H,10H2,1H3,(H,19,23). The van der Waals surface area contributed by atoms with Crippen molar-refractivity contribution in [2.75, 3.05) is 11.8 Å². The van der Waals surface area contributed by atoms with Gasteiger partial charge in [0.15, 0.2) is 0 Å². The first-order valence-electron chi connectivity index (χ1n) is 8.10. The zero-order valence-electron chi connectivity index (χ0n) is 14.3. The van der Waals surface area contributed by atoms with Crippen molar-refractivity contribution >= 4 is 21.6 Å². The molecule has 8 nitrogen and oxygen atoms in total. The number of rotatable bonds is 5. The van der Waals surface area contributed by atoms with Gasteiger partial charge in [0.25, 0.3) is 15.9 Å². The van der Waals surface area contributed by atoms with Crippen LogP contribution in [-0.2, 0) is 16.6 Å². The Bertz CT molecular complexity index is 1140. The molecule has 0 saturated heterocycles. The summed E-state index contributed by atoms with van der Waals surface area (Å²) >= 11 is 0. The maximum atomic E-state index is 12.8. The number of benzene rings is 2. The predicted molar refractivity (Wildman–Crippen MR) is 98.5 cm³/mol. The molecule has 0 spiro atoms. The summed E-state index contributed by atoms with van der Waals surface area (Å²) < 4.78 is 34.8. The van der Waals surface area contributed by atoms with Gasteiger partial charge in [0.05, 0.1) is 25.2 Å². The van der Waals surface area contributed by atoms with Crippen LogP contribution in [0.3, 0.4) is 0 Å². The topological polar surface area (TPSA) is 102 Å². The minimum atomic E-state index is -3.87. The van der Waals surface area contributed by atoms with E-state index in [9.17, 15) is 13.2 Å². The summed E-state index contributed by atoms with van der Waals surface area (Å²) in [5, 5.41) is 6.82. The highest BCUT2D eigenvalue weighted by Gasteiger charge is 2.25. The lowest BCUT2D eigenvalue weighted by Crippen LogP contribution is -2.14. The molecule has 0 atom stereocenters. The van der Waals surface area contributed by atoms with E-state index in [0.717, 1.165) is 0 Å². The molecule has 2 heterocycles. The number of carbonyl (C=O) groups is 1. The zero-order chi connectivity index (χ0) is 19.0. The Morgan fingerprint density at radius 3 is 2.81 bits per heavy atom. The van der Waals surface area contributed by atoms with Crippen LogP contribution in [0.5, 0.6) is 5.75 Å². The zero-order valence-corrected chi connectivity index (χ0v) is 15.2. The van der Waals surface area contributed by atoms with E-state index < -0.39 is 10.0 Å². The van der Waals surface area contributed by atoms with E-state index in [2.05, 4.69) is 15.1 Å². The Labute approximate surface area is 155 Å². The molecular formula is C18H16N4O4S. The van der Waals surface area contributed by atoms with Crippen LogP contribution < -0.4 is 14.8 Å². The fourth-order valence-electron chi connectivity index (χ4n) is 2.95. The summed E-state index contributed by atoms with van der Waals surface area (Å²) in [5.74, 6) is 0.359. The molecule has 0 radical (unpaired) electrons. The van der Waals surface area contributed by atoms with E-state index in [-0.39, 0.29) is 17.3 Å². The first-order valence-corrected chi connectivity index (χ1v) is 9.59. The van der Waals surface area contributed by atoms with Crippen molar-refractivity contribution in [2.24, 2.45) is 0 Å². The number of fused-ring (bicyclic) bond motifs is 1. The van der Waals surface area contributed by atoms with E-state index in [4.69, 9.17) is 4.74 Å². The number of amides is 1. The Kier molecular flexibility index (Phi) is 4.08. The summed E-state index contributed by atoms with van der Waals surface area (Å²) in [7, 11) is -2.34. The van der Waals surface area contributed by atoms with Crippen LogP contribution in [0.4, 0.5) is 5.69 Å². The number of hydrogen-bond donors (Lipinski definition) is 2. The molecule has 2 N–H and O–H groups in total. The lowest BCUT2D eigenvalue weighted by molar-refractivity contribution is 0.0965. The fraction of sp³-hybridized carbons (Fsp3) is 0.111. The second-order valence-electron chi connectivity index (χ2n) is 5.91. The van der Waals surface area contributed by atoms with Gasteiger partial charge >= 0.3 is 0 Å². The number of aromatic nitrogens is 2. The largest absolute Gasteiger partial charge is 0.494 e. The number of methoxy groups -OCH3 is 1. The van der Waals surface area contributed by atoms with Crippen molar-refractivity contribution in [1.29, 1.82) is 0 Å². The number of hydrogen-bond acceptors (Lipinski definition) is 5. The van der Waals surface area contributed by atoms with Crippen LogP contribution >= 0.6 is 0 Å². The quantitative estimate of drug-likeness (QED) is 0.700. The van der Waals surface area contributed by atoms with Crippen LogP contribution in [0.15, 0.2) is 59.8 Å². The van der Waals surface area contributed by atoms with Crippen molar-refractivity contribution in [2.45, 2.75) is 11.4 Å². The molecule has 1 amide bonds. The molecule has 1 aliphatic rings. The molecule has 0 saturated carbocycles. The lowest BCUT2D eigenvalue weighted by Gasteiger charge is -2.10. The first-order chi connectivity index (χ1) is 13.0. The van der Waals surface area contributed by atoms with Crippen molar-refractivity contribution in [3.05, 3.63) is 66.0 Å². The molecule has 0 aliphatic carbocycles. The van der Waals surface area contributed by atoms with E-state index in [1.165, 1.54) is 24.2 Å². The van der Waals surface area contributed by atoms with Gasteiger partial charge in [-0.05, 0) is 24.3 Å². The Hall–Kier alpha value is -3.33. The third-order valence-corrected chi connectivity index (χ3v) is 5.61. The maximum Gasteiger partial charge on any atom is 0.265 e. The minimum absolute atomic E-state index is 0.00305. The van der Waals surface area contributed by atoms with Crippen molar-refractivity contribution < 1.29 is 17.9 Å². The lowest BCUT2D eigenvalue weighted by atomic mass is 10.1. The average Bonchev–Trinajstić information content (AvgIpc) is 3.30. The highest BCUT2D eigenvalue weighted by molar-refractivity contribution is 7.92. The summed E-state index contributed by atoms with van der Waals surface area (Å²) in [6.45, 7) is 0.285. The third kappa shape index (κ3) is 3.02. The molecule has 0 fully saturated rings. The van der Waals surface area contributed by atoms with Crippen molar-refractivity contribution in [3.63, 3.8) is 0 Å². The van der Waals surface area contributed by atoms with Crippen LogP contribution in [0.2, 0.25) is 0 Å². The maximum absolute atomic E-state index is 12.8. The number of sulfonamides is 1. The fourth-order valence-corrected chi connectivity index (χ4v) is 3.97. The van der Waals surface area contributed by atoms with Crippen molar-refractivity contribution in [1.82, 2.24) is 15.1 Å². The van der Waals surface area contributed by atoms with Gasteiger partial charge in [0, 0.05) is 17.7 Å². The summed E-state index contributed by atoms with van der Waals surface area (Å²) in [6.07, 6.45) is 2.67. The third-order valence-electron chi connectivity index (χ3n) is 4.29. The smallest absolute Gasteiger partial charge is 0.265 e. The number of anilines is 1. The molecule has 3 aromatic rings. The van der Waals surface area contributed by atoms with Gasteiger partial charge in [-0.3, -0.25) is 9.52 Å². The predicted octanol–water partition coefficient (Wildman–Crippen LogP) is 1.93. The number of para-hydroxylation sites is 2. The number of carbonyl (C=O) groups excluding carboxylic acids is 1. The van der Waals surface area contributed by atoms with E-state index in [1.807, 2.05) is 12.1 Å². The van der Waals surface area contributed by atoms with E-state index >= 15 is 0 Å². The molecule has 27 heavy (non-hydrogen) atoms. The molecule has 4 rings (SSSR count). The number of nitrogens with zero attached hydrogens (tertiary/aromatic N) is 2. The highest BCUT2D eigenvalue weighted by atomic mass is 32.2. The molecular weight excluding hydrogens is 368 g/mol. The monoisotopic (exact) mass is 384 g/mol. The van der Waals surface area contributed by atoms with E-state index in [0.29, 0.717) is 28.3 Å². The molecule has 9 heteroatoms. The first kappa shape index (κ1) is 17.1. The van der Waals surface area contributed by atoms with Gasteiger partial charge in [-0.25, -0.2) is 13.1 Å². The van der Waals surface area contributed by atoms with Crippen LogP contribution in [-0.4, -0.2) is 31.2 Å². The highest BCUT2D eigenvalue weighted by Crippen LogP contribution is 2.27. The Morgan fingerprint density at radius 2 is 2.00 bits per heavy atom. The Balaban J connectivity index is 1.67. The molecule has 2 aromatic carbocycles. The second kappa shape index (κ2) is 6.44. The van der Waals surface area contributed by atoms with Gasteiger partial charge in [0.2, 0.25) is 0 Å². The SMILES string of the molecule is COc1ccccc1-n1cc(S(=O)(=O)Nc2cccc3c2CNC3=O)cn1. The summed E-state index contributed by atoms with van der Waals surface area (Å²) in [5.41, 5.74) is 2.09. The summed E-state index contributed by atoms with van der Waals surface area (Å²) in [4.78, 5) is 11.8. The summed E-state index contributed by atoms with van der Waals surface area (Å²) in [6, 6.07) is 12.1. The number of nitrogens with one attached hydrogen (secondary N) is 2. The molecule has 138 valence electrons. The average molecular weight is 384 g/mol. The number of ether oxygens (including phenoxy) is 1. The van der Waals surface area contributed by atoms with Gasteiger partial charge in [-0.1, -0.05) is 18.2 Å². The molecule has 1 aromatic heterocycles. The van der Waals surface area contributed by atoms with Gasteiger partial charge in [-0.2, -0.15) is 5.10 Å². The normalized spacial score (nSPS) is 13.1. The van der Waals surface area contributed by atoms with E-state index in [1.54, 1.807) is 30.3 Å². The Morgan fingerprint density at radius 1 is 1.19 bits per heavy atom. The van der Waals surface area contributed by atoms with Gasteiger partial charge in [-0.15, -0.1) is 0 Å². The van der Waals surface area contributed by atoms with Gasteiger partial charge in [0.1, 0.15) is 16.3 Å². The molecule has 1 aliphatic heterocycles.